The van der Waals surface area contributed by atoms with Gasteiger partial charge in [-0.1, -0.05) is 344 Å². The van der Waals surface area contributed by atoms with Gasteiger partial charge in [0.25, 0.3) is 0 Å². The summed E-state index contributed by atoms with van der Waals surface area (Å²) in [5.74, 6) is 0.978. The van der Waals surface area contributed by atoms with Crippen molar-refractivity contribution in [3.8, 4) is 0 Å². The molecule has 0 bridgehead atoms. The second-order valence-electron chi connectivity index (χ2n) is 29.5. The lowest BCUT2D eigenvalue weighted by Crippen LogP contribution is -2.30. The molecular weight excluding hydrogens is 1270 g/mol. The predicted molar refractivity (Wildman–Crippen MR) is 395 cm³/mol. The molecule has 19 heteroatoms. The molecule has 0 aliphatic rings. The Morgan fingerprint density at radius 1 is 0.289 bits per heavy atom. The third-order valence-corrected chi connectivity index (χ3v) is 20.7. The van der Waals surface area contributed by atoms with E-state index in [9.17, 15) is 43.2 Å². The van der Waals surface area contributed by atoms with E-state index in [4.69, 9.17) is 37.0 Å². The van der Waals surface area contributed by atoms with Crippen LogP contribution in [0.4, 0.5) is 0 Å². The number of unbranched alkanes of at least 4 members (excludes halogenated alkanes) is 39. The summed E-state index contributed by atoms with van der Waals surface area (Å²) in [6.45, 7) is 14.2. The smallest absolute Gasteiger partial charge is 0.462 e. The highest BCUT2D eigenvalue weighted by atomic mass is 31.2. The molecule has 7 atom stereocenters. The van der Waals surface area contributed by atoms with Crippen molar-refractivity contribution in [1.82, 2.24) is 0 Å². The normalized spacial score (nSPS) is 14.6. The van der Waals surface area contributed by atoms with E-state index in [1.165, 1.54) is 193 Å². The van der Waals surface area contributed by atoms with Gasteiger partial charge in [0.2, 0.25) is 0 Å². The van der Waals surface area contributed by atoms with E-state index in [0.29, 0.717) is 25.7 Å². The van der Waals surface area contributed by atoms with Gasteiger partial charge in [-0.15, -0.1) is 0 Å². The zero-order chi connectivity index (χ0) is 71.7. The minimum atomic E-state index is -4.96. The van der Waals surface area contributed by atoms with Crippen LogP contribution in [0.1, 0.15) is 396 Å². The molecule has 0 saturated heterocycles. The van der Waals surface area contributed by atoms with Crippen LogP contribution in [-0.4, -0.2) is 96.7 Å². The summed E-state index contributed by atoms with van der Waals surface area (Å²) in [5.41, 5.74) is 0. The van der Waals surface area contributed by atoms with Gasteiger partial charge in [-0.2, -0.15) is 0 Å². The standard InChI is InChI=1S/C78H152O17P2/c1-9-70(7)56-48-40-32-26-21-22-28-35-45-53-61-78(83)94-73(64-88-75(80)58-50-42-33-29-23-25-31-39-47-55-69(5)6)66-92-96(84,85)90-62-72(79)63-91-97(86,87)93-67-74(65-89-76(81)59-51-43-37-36-41-49-57-71(8)10-2)95-77(82)60-52-44-34-27-20-18-16-14-12-11-13-15-17-19-24-30-38-46-54-68(3)4/h68-74,79H,9-67H2,1-8H3,(H,84,85)(H,86,87)/t70?,71?,72-,73-,74-/m1/s1. The van der Waals surface area contributed by atoms with Crippen molar-refractivity contribution >= 4 is 39.5 Å². The lowest BCUT2D eigenvalue weighted by atomic mass is 9.99. The highest BCUT2D eigenvalue weighted by Crippen LogP contribution is 2.45. The van der Waals surface area contributed by atoms with Crippen molar-refractivity contribution in [3.63, 3.8) is 0 Å². The number of hydrogen-bond donors (Lipinski definition) is 3. The van der Waals surface area contributed by atoms with Crippen LogP contribution in [0.5, 0.6) is 0 Å². The molecule has 576 valence electrons. The molecule has 0 spiro atoms. The predicted octanol–water partition coefficient (Wildman–Crippen LogP) is 22.8. The molecule has 0 aromatic rings. The molecule has 0 amide bonds. The average molecular weight is 1420 g/mol. The van der Waals surface area contributed by atoms with Gasteiger partial charge < -0.3 is 33.8 Å². The Morgan fingerprint density at radius 3 is 0.732 bits per heavy atom. The van der Waals surface area contributed by atoms with Crippen LogP contribution < -0.4 is 0 Å². The van der Waals surface area contributed by atoms with Crippen molar-refractivity contribution in [2.75, 3.05) is 39.6 Å². The molecule has 0 saturated carbocycles. The zero-order valence-electron chi connectivity index (χ0n) is 63.7. The Kier molecular flexibility index (Phi) is 65.9. The number of aliphatic hydroxyl groups excluding tert-OH is 1. The van der Waals surface area contributed by atoms with Crippen molar-refractivity contribution in [1.29, 1.82) is 0 Å². The number of esters is 4. The summed E-state index contributed by atoms with van der Waals surface area (Å²) in [6, 6.07) is 0. The Balaban J connectivity index is 5.20. The van der Waals surface area contributed by atoms with Crippen LogP contribution >= 0.6 is 15.6 Å². The first-order valence-electron chi connectivity index (χ1n) is 40.3. The van der Waals surface area contributed by atoms with Crippen LogP contribution in [0.2, 0.25) is 0 Å². The lowest BCUT2D eigenvalue weighted by Gasteiger charge is -2.21. The number of phosphoric acid groups is 2. The third-order valence-electron chi connectivity index (χ3n) is 18.8. The summed E-state index contributed by atoms with van der Waals surface area (Å²) in [6.07, 6.45) is 52.8. The molecule has 0 aromatic heterocycles. The minimum Gasteiger partial charge on any atom is -0.462 e. The van der Waals surface area contributed by atoms with Gasteiger partial charge in [-0.3, -0.25) is 37.3 Å². The van der Waals surface area contributed by atoms with Gasteiger partial charge in [0.15, 0.2) is 12.2 Å². The molecule has 3 N–H and O–H groups in total. The van der Waals surface area contributed by atoms with E-state index in [0.717, 1.165) is 120 Å². The Bertz CT molecular complexity index is 1910. The fourth-order valence-electron chi connectivity index (χ4n) is 11.8. The van der Waals surface area contributed by atoms with E-state index in [-0.39, 0.29) is 25.7 Å². The molecule has 4 unspecified atom stereocenters. The van der Waals surface area contributed by atoms with Gasteiger partial charge in [0.1, 0.15) is 19.3 Å². The number of carbonyl (C=O) groups is 4. The molecule has 0 radical (unpaired) electrons. The maximum atomic E-state index is 13.1. The highest BCUT2D eigenvalue weighted by molar-refractivity contribution is 7.47. The van der Waals surface area contributed by atoms with E-state index in [2.05, 4.69) is 55.4 Å². The SMILES string of the molecule is CCC(C)CCCCCCCCCCCCC(=O)O[C@H](COC(=O)CCCCCCCCCCCC(C)C)COP(=O)(O)OC[C@@H](O)COP(=O)(O)OC[C@@H](COC(=O)CCCCCCCCC(C)CC)OC(=O)CCCCCCCCCCCCCCCCCCCCC(C)C. The molecule has 0 rings (SSSR count). The maximum Gasteiger partial charge on any atom is 0.472 e. The van der Waals surface area contributed by atoms with E-state index >= 15 is 0 Å². The number of rotatable bonds is 75. The van der Waals surface area contributed by atoms with Gasteiger partial charge >= 0.3 is 39.5 Å². The number of ether oxygens (including phenoxy) is 4. The zero-order valence-corrected chi connectivity index (χ0v) is 65.5. The fourth-order valence-corrected chi connectivity index (χ4v) is 13.4. The fraction of sp³-hybridized carbons (Fsp3) is 0.949. The largest absolute Gasteiger partial charge is 0.472 e. The molecule has 0 fully saturated rings. The summed E-state index contributed by atoms with van der Waals surface area (Å²) in [7, 11) is -9.92. The van der Waals surface area contributed by atoms with Gasteiger partial charge in [0, 0.05) is 25.7 Å². The van der Waals surface area contributed by atoms with Crippen LogP contribution in [0.15, 0.2) is 0 Å². The third kappa shape index (κ3) is 69.5. The topological polar surface area (TPSA) is 237 Å². The van der Waals surface area contributed by atoms with Gasteiger partial charge in [-0.05, 0) is 49.4 Å². The van der Waals surface area contributed by atoms with Gasteiger partial charge in [0.05, 0.1) is 26.4 Å². The van der Waals surface area contributed by atoms with Gasteiger partial charge in [-0.25, -0.2) is 9.13 Å². The summed E-state index contributed by atoms with van der Waals surface area (Å²) in [4.78, 5) is 72.9. The first kappa shape index (κ1) is 95.1. The van der Waals surface area contributed by atoms with Crippen LogP contribution in [-0.2, 0) is 65.4 Å². The van der Waals surface area contributed by atoms with Crippen LogP contribution in [0.3, 0.4) is 0 Å². The second kappa shape index (κ2) is 67.2. The van der Waals surface area contributed by atoms with Crippen molar-refractivity contribution in [2.24, 2.45) is 23.7 Å². The molecule has 0 heterocycles. The van der Waals surface area contributed by atoms with E-state index < -0.39 is 97.5 Å². The Labute approximate surface area is 594 Å². The Morgan fingerprint density at radius 2 is 0.495 bits per heavy atom. The molecule has 97 heavy (non-hydrogen) atoms. The number of hydrogen-bond acceptors (Lipinski definition) is 15. The summed E-state index contributed by atoms with van der Waals surface area (Å²) in [5, 5.41) is 10.6. The maximum absolute atomic E-state index is 13.1. The molecule has 0 aliphatic heterocycles. The summed E-state index contributed by atoms with van der Waals surface area (Å²) >= 11 is 0. The molecular formula is C78H152O17P2. The minimum absolute atomic E-state index is 0.105. The van der Waals surface area contributed by atoms with Crippen molar-refractivity contribution < 1.29 is 80.2 Å². The molecule has 0 aliphatic carbocycles. The molecule has 17 nitrogen and oxygen atoms in total. The highest BCUT2D eigenvalue weighted by Gasteiger charge is 2.30. The van der Waals surface area contributed by atoms with Crippen LogP contribution in [0.25, 0.3) is 0 Å². The van der Waals surface area contributed by atoms with Crippen LogP contribution in [0, 0.1) is 23.7 Å². The van der Waals surface area contributed by atoms with E-state index in [1.54, 1.807) is 0 Å². The second-order valence-corrected chi connectivity index (χ2v) is 32.4. The number of phosphoric ester groups is 2. The lowest BCUT2D eigenvalue weighted by molar-refractivity contribution is -0.161. The number of carbonyl (C=O) groups excluding carboxylic acids is 4. The first-order chi connectivity index (χ1) is 46.7. The van der Waals surface area contributed by atoms with Crippen molar-refractivity contribution in [3.05, 3.63) is 0 Å². The molecule has 0 aromatic carbocycles. The Hall–Kier alpha value is -1.94. The van der Waals surface area contributed by atoms with E-state index in [1.807, 2.05) is 0 Å². The quantitative estimate of drug-likeness (QED) is 0.0222. The average Bonchev–Trinajstić information content (AvgIpc) is 1.22. The van der Waals surface area contributed by atoms with Crippen molar-refractivity contribution in [2.45, 2.75) is 414 Å². The number of aliphatic hydroxyl groups is 1. The first-order valence-corrected chi connectivity index (χ1v) is 43.3. The summed E-state index contributed by atoms with van der Waals surface area (Å²) < 4.78 is 68.6. The monoisotopic (exact) mass is 1420 g/mol.